The molecule has 0 bridgehead atoms. The molecule has 2 aromatic carbocycles. The molecule has 0 atom stereocenters. The highest BCUT2D eigenvalue weighted by Crippen LogP contribution is 2.30. The first-order chi connectivity index (χ1) is 11.2. The third kappa shape index (κ3) is 3.77. The zero-order valence-corrected chi connectivity index (χ0v) is 12.5. The van der Waals surface area contributed by atoms with E-state index >= 15 is 0 Å². The second-order valence-electron chi connectivity index (χ2n) is 4.77. The van der Waals surface area contributed by atoms with E-state index in [9.17, 15) is 4.39 Å². The van der Waals surface area contributed by atoms with Gasteiger partial charge in [-0.05, 0) is 36.4 Å². The second kappa shape index (κ2) is 6.79. The molecule has 0 unspecified atom stereocenters. The first-order valence-electron chi connectivity index (χ1n) is 7.04. The number of aromatic nitrogens is 1. The van der Waals surface area contributed by atoms with Crippen LogP contribution in [0.1, 0.15) is 0 Å². The van der Waals surface area contributed by atoms with E-state index in [4.69, 9.17) is 9.47 Å². The van der Waals surface area contributed by atoms with E-state index in [-0.39, 0.29) is 5.82 Å². The highest BCUT2D eigenvalue weighted by molar-refractivity contribution is 5.58. The maximum atomic E-state index is 13.2. The van der Waals surface area contributed by atoms with Crippen molar-refractivity contribution in [3.8, 4) is 17.4 Å². The molecule has 0 aliphatic heterocycles. The Bertz CT molecular complexity index is 791. The minimum absolute atomic E-state index is 0.293. The predicted octanol–water partition coefficient (Wildman–Crippen LogP) is 4.77. The fraction of sp³-hybridized carbons (Fsp3) is 0.0556. The number of para-hydroxylation sites is 2. The average molecular weight is 310 g/mol. The molecule has 3 aromatic rings. The number of hydrogen-bond acceptors (Lipinski definition) is 4. The minimum Gasteiger partial charge on any atom is -0.493 e. The quantitative estimate of drug-likeness (QED) is 0.737. The van der Waals surface area contributed by atoms with E-state index in [0.717, 1.165) is 5.69 Å². The molecule has 5 heteroatoms. The third-order valence-corrected chi connectivity index (χ3v) is 3.13. The summed E-state index contributed by atoms with van der Waals surface area (Å²) in [6.07, 6.45) is 1.62. The summed E-state index contributed by atoms with van der Waals surface area (Å²) in [4.78, 5) is 4.23. The molecule has 0 amide bonds. The lowest BCUT2D eigenvalue weighted by Crippen LogP contribution is -1.94. The van der Waals surface area contributed by atoms with Gasteiger partial charge in [0.25, 0.3) is 0 Å². The fourth-order valence-electron chi connectivity index (χ4n) is 2.06. The lowest BCUT2D eigenvalue weighted by atomic mass is 10.3. The Labute approximate surface area is 133 Å². The summed E-state index contributed by atoms with van der Waals surface area (Å²) in [6.45, 7) is 0. The summed E-state index contributed by atoms with van der Waals surface area (Å²) in [5.74, 6) is 1.38. The van der Waals surface area contributed by atoms with Gasteiger partial charge in [0.05, 0.1) is 19.0 Å². The molecule has 0 aliphatic carbocycles. The van der Waals surface area contributed by atoms with Crippen LogP contribution in [0.25, 0.3) is 0 Å². The van der Waals surface area contributed by atoms with Gasteiger partial charge in [0.15, 0.2) is 11.5 Å². The first kappa shape index (κ1) is 14.8. The summed E-state index contributed by atoms with van der Waals surface area (Å²) in [7, 11) is 1.58. The zero-order valence-electron chi connectivity index (χ0n) is 12.5. The van der Waals surface area contributed by atoms with Crippen LogP contribution in [-0.4, -0.2) is 12.1 Å². The Morgan fingerprint density at radius 3 is 2.43 bits per heavy atom. The number of anilines is 2. The maximum Gasteiger partial charge on any atom is 0.219 e. The largest absolute Gasteiger partial charge is 0.493 e. The van der Waals surface area contributed by atoms with E-state index in [1.807, 2.05) is 24.3 Å². The minimum atomic E-state index is -0.293. The van der Waals surface area contributed by atoms with E-state index in [0.29, 0.717) is 23.1 Å². The Morgan fingerprint density at radius 2 is 1.74 bits per heavy atom. The number of pyridine rings is 1. The molecule has 23 heavy (non-hydrogen) atoms. The van der Waals surface area contributed by atoms with Crippen LogP contribution in [0.15, 0.2) is 66.9 Å². The van der Waals surface area contributed by atoms with Crippen molar-refractivity contribution in [1.82, 2.24) is 4.98 Å². The highest BCUT2D eigenvalue weighted by atomic mass is 19.1. The molecule has 0 radical (unpaired) electrons. The molecule has 3 rings (SSSR count). The monoisotopic (exact) mass is 310 g/mol. The van der Waals surface area contributed by atoms with Gasteiger partial charge in [0.1, 0.15) is 5.82 Å². The Kier molecular flexibility index (Phi) is 4.38. The molecule has 0 saturated heterocycles. The van der Waals surface area contributed by atoms with Crippen LogP contribution in [-0.2, 0) is 0 Å². The van der Waals surface area contributed by atoms with E-state index in [2.05, 4.69) is 10.3 Å². The number of ether oxygens (including phenoxy) is 2. The van der Waals surface area contributed by atoms with Crippen LogP contribution in [0.4, 0.5) is 15.8 Å². The topological polar surface area (TPSA) is 43.4 Å². The van der Waals surface area contributed by atoms with Gasteiger partial charge in [-0.1, -0.05) is 18.2 Å². The molecule has 116 valence electrons. The van der Waals surface area contributed by atoms with Crippen LogP contribution < -0.4 is 14.8 Å². The number of nitrogens with zero attached hydrogens (tertiary/aromatic N) is 1. The van der Waals surface area contributed by atoms with Gasteiger partial charge in [-0.3, -0.25) is 0 Å². The normalized spacial score (nSPS) is 10.2. The Morgan fingerprint density at radius 1 is 0.913 bits per heavy atom. The van der Waals surface area contributed by atoms with Gasteiger partial charge in [0, 0.05) is 11.8 Å². The number of hydrogen-bond donors (Lipinski definition) is 1. The summed E-state index contributed by atoms with van der Waals surface area (Å²) >= 11 is 0. The van der Waals surface area contributed by atoms with Gasteiger partial charge in [-0.25, -0.2) is 9.37 Å². The number of rotatable bonds is 5. The first-order valence-corrected chi connectivity index (χ1v) is 7.04. The lowest BCUT2D eigenvalue weighted by molar-refractivity contribution is 0.374. The highest BCUT2D eigenvalue weighted by Gasteiger charge is 2.05. The van der Waals surface area contributed by atoms with Crippen molar-refractivity contribution >= 4 is 11.4 Å². The third-order valence-electron chi connectivity index (χ3n) is 3.13. The van der Waals surface area contributed by atoms with E-state index in [1.165, 1.54) is 12.1 Å². The summed E-state index contributed by atoms with van der Waals surface area (Å²) < 4.78 is 24.1. The second-order valence-corrected chi connectivity index (χ2v) is 4.77. The van der Waals surface area contributed by atoms with Crippen LogP contribution in [0.3, 0.4) is 0 Å². The predicted molar refractivity (Wildman–Crippen MR) is 87.0 cm³/mol. The lowest BCUT2D eigenvalue weighted by Gasteiger charge is -2.10. The summed E-state index contributed by atoms with van der Waals surface area (Å²) in [5, 5.41) is 3.08. The van der Waals surface area contributed by atoms with Crippen molar-refractivity contribution in [2.75, 3.05) is 12.4 Å². The molecule has 0 aliphatic rings. The van der Waals surface area contributed by atoms with Gasteiger partial charge < -0.3 is 14.8 Å². The standard InChI is InChI=1S/C18H15FN2O2/c1-22-16-7-2-3-8-17(16)23-18-10-9-15(12-20-18)21-14-6-4-5-13(19)11-14/h2-12,21H,1H3. The molecule has 0 fully saturated rings. The smallest absolute Gasteiger partial charge is 0.219 e. The van der Waals surface area contributed by atoms with E-state index in [1.54, 1.807) is 37.6 Å². The number of nitrogens with one attached hydrogen (secondary N) is 1. The van der Waals surface area contributed by atoms with Gasteiger partial charge >= 0.3 is 0 Å². The Hall–Kier alpha value is -3.08. The van der Waals surface area contributed by atoms with Crippen molar-refractivity contribution in [2.24, 2.45) is 0 Å². The number of halogens is 1. The molecular weight excluding hydrogens is 295 g/mol. The van der Waals surface area contributed by atoms with Crippen LogP contribution >= 0.6 is 0 Å². The molecular formula is C18H15FN2O2. The van der Waals surface area contributed by atoms with Crippen molar-refractivity contribution < 1.29 is 13.9 Å². The molecule has 4 nitrogen and oxygen atoms in total. The zero-order chi connectivity index (χ0) is 16.1. The SMILES string of the molecule is COc1ccccc1Oc1ccc(Nc2cccc(F)c2)cn1. The van der Waals surface area contributed by atoms with Crippen LogP contribution in [0.2, 0.25) is 0 Å². The van der Waals surface area contributed by atoms with Gasteiger partial charge in [-0.2, -0.15) is 0 Å². The molecule has 1 N–H and O–H groups in total. The number of benzene rings is 2. The molecule has 0 saturated carbocycles. The van der Waals surface area contributed by atoms with Crippen LogP contribution in [0, 0.1) is 5.82 Å². The summed E-state index contributed by atoms with van der Waals surface area (Å²) in [6, 6.07) is 17.1. The van der Waals surface area contributed by atoms with Crippen molar-refractivity contribution in [3.63, 3.8) is 0 Å². The van der Waals surface area contributed by atoms with Gasteiger partial charge in [0.2, 0.25) is 5.88 Å². The van der Waals surface area contributed by atoms with Crippen molar-refractivity contribution in [2.45, 2.75) is 0 Å². The molecule has 1 heterocycles. The van der Waals surface area contributed by atoms with E-state index < -0.39 is 0 Å². The molecule has 1 aromatic heterocycles. The summed E-state index contributed by atoms with van der Waals surface area (Å²) in [5.41, 5.74) is 1.40. The number of methoxy groups -OCH3 is 1. The van der Waals surface area contributed by atoms with Gasteiger partial charge in [-0.15, -0.1) is 0 Å². The Balaban J connectivity index is 1.72. The maximum absolute atomic E-state index is 13.2. The average Bonchev–Trinajstić information content (AvgIpc) is 2.57. The molecule has 0 spiro atoms. The van der Waals surface area contributed by atoms with Crippen LogP contribution in [0.5, 0.6) is 17.4 Å². The van der Waals surface area contributed by atoms with Crippen molar-refractivity contribution in [1.29, 1.82) is 0 Å². The van der Waals surface area contributed by atoms with Crippen molar-refractivity contribution in [3.05, 3.63) is 72.7 Å². The fourth-order valence-corrected chi connectivity index (χ4v) is 2.06.